The fourth-order valence-electron chi connectivity index (χ4n) is 2.69. The van der Waals surface area contributed by atoms with Crippen molar-refractivity contribution in [1.82, 2.24) is 5.32 Å². The van der Waals surface area contributed by atoms with Gasteiger partial charge >= 0.3 is 0 Å². The maximum atomic E-state index is 3.69. The summed E-state index contributed by atoms with van der Waals surface area (Å²) < 4.78 is 0. The van der Waals surface area contributed by atoms with Gasteiger partial charge in [0.25, 0.3) is 0 Å². The first-order valence-corrected chi connectivity index (χ1v) is 8.05. The van der Waals surface area contributed by atoms with E-state index >= 15 is 0 Å². The molecule has 0 saturated heterocycles. The molecule has 0 saturated carbocycles. The van der Waals surface area contributed by atoms with Gasteiger partial charge in [0.2, 0.25) is 0 Å². The van der Waals surface area contributed by atoms with Gasteiger partial charge < -0.3 is 5.32 Å². The summed E-state index contributed by atoms with van der Waals surface area (Å²) in [7, 11) is 0. The lowest BCUT2D eigenvalue weighted by Gasteiger charge is -2.20. The molecule has 0 fully saturated rings. The number of benzene rings is 2. The summed E-state index contributed by atoms with van der Waals surface area (Å²) in [6.07, 6.45) is 3.45. The molecule has 0 heterocycles. The van der Waals surface area contributed by atoms with Crippen LogP contribution in [0, 0.1) is 13.8 Å². The molecule has 0 aliphatic carbocycles. The zero-order valence-corrected chi connectivity index (χ0v) is 13.5. The molecule has 2 aromatic rings. The van der Waals surface area contributed by atoms with Crippen LogP contribution in [0.5, 0.6) is 0 Å². The number of rotatable bonds is 7. The van der Waals surface area contributed by atoms with Crippen LogP contribution in [-0.2, 0) is 6.42 Å². The third-order valence-corrected chi connectivity index (χ3v) is 4.08. The van der Waals surface area contributed by atoms with Crippen molar-refractivity contribution in [3.63, 3.8) is 0 Å². The van der Waals surface area contributed by atoms with Gasteiger partial charge in [-0.2, -0.15) is 0 Å². The van der Waals surface area contributed by atoms with Crippen LogP contribution in [0.3, 0.4) is 0 Å². The Labute approximate surface area is 129 Å². The Hall–Kier alpha value is -1.60. The molecular formula is C20H27N. The van der Waals surface area contributed by atoms with Crippen molar-refractivity contribution in [1.29, 1.82) is 0 Å². The average Bonchev–Trinajstić information content (AvgIpc) is 2.50. The molecule has 0 aromatic heterocycles. The summed E-state index contributed by atoms with van der Waals surface area (Å²) in [6.45, 7) is 7.65. The topological polar surface area (TPSA) is 12.0 Å². The van der Waals surface area contributed by atoms with Crippen molar-refractivity contribution in [3.8, 4) is 0 Å². The molecule has 2 rings (SSSR count). The predicted octanol–water partition coefficient (Wildman–Crippen LogP) is 4.98. The lowest BCUT2D eigenvalue weighted by molar-refractivity contribution is 0.499. The quantitative estimate of drug-likeness (QED) is 0.755. The van der Waals surface area contributed by atoms with E-state index in [2.05, 4.69) is 74.6 Å². The van der Waals surface area contributed by atoms with Crippen LogP contribution < -0.4 is 5.32 Å². The lowest BCUT2D eigenvalue weighted by atomic mass is 9.96. The summed E-state index contributed by atoms with van der Waals surface area (Å²) in [6, 6.07) is 18.1. The molecule has 112 valence electrons. The fraction of sp³-hybridized carbons (Fsp3) is 0.400. The van der Waals surface area contributed by atoms with Crippen LogP contribution in [0.25, 0.3) is 0 Å². The first kappa shape index (κ1) is 15.8. The van der Waals surface area contributed by atoms with Crippen LogP contribution in [-0.4, -0.2) is 6.54 Å². The molecule has 1 N–H and O–H groups in total. The van der Waals surface area contributed by atoms with Gasteiger partial charge in [-0.1, -0.05) is 61.0 Å². The molecule has 0 spiro atoms. The second kappa shape index (κ2) is 7.99. The molecule has 0 aliphatic rings. The minimum Gasteiger partial charge on any atom is -0.310 e. The summed E-state index contributed by atoms with van der Waals surface area (Å²) in [5, 5.41) is 3.69. The van der Waals surface area contributed by atoms with Crippen molar-refractivity contribution in [2.45, 2.75) is 46.1 Å². The highest BCUT2D eigenvalue weighted by atomic mass is 14.9. The van der Waals surface area contributed by atoms with E-state index in [0.29, 0.717) is 6.04 Å². The smallest absolute Gasteiger partial charge is 0.0323 e. The molecule has 1 heteroatoms. The van der Waals surface area contributed by atoms with E-state index in [0.717, 1.165) is 19.4 Å². The SMILES string of the molecule is CCCNC(CCc1ccccc1C)c1ccc(C)cc1. The van der Waals surface area contributed by atoms with Crippen LogP contribution in [0.1, 0.15) is 48.1 Å². The molecule has 0 amide bonds. The Morgan fingerprint density at radius 1 is 0.952 bits per heavy atom. The normalized spacial score (nSPS) is 12.3. The standard InChI is InChI=1S/C20H27N/c1-4-15-21-20(19-11-9-16(2)10-12-19)14-13-18-8-6-5-7-17(18)3/h5-12,20-21H,4,13-15H2,1-3H3. The number of nitrogens with one attached hydrogen (secondary N) is 1. The van der Waals surface area contributed by atoms with Gasteiger partial charge in [-0.25, -0.2) is 0 Å². The first-order valence-electron chi connectivity index (χ1n) is 8.05. The second-order valence-corrected chi connectivity index (χ2v) is 5.88. The van der Waals surface area contributed by atoms with Gasteiger partial charge in [-0.15, -0.1) is 0 Å². The number of hydrogen-bond acceptors (Lipinski definition) is 1. The predicted molar refractivity (Wildman–Crippen MR) is 91.7 cm³/mol. The third kappa shape index (κ3) is 4.71. The highest BCUT2D eigenvalue weighted by Crippen LogP contribution is 2.21. The molecule has 1 atom stereocenters. The lowest BCUT2D eigenvalue weighted by Crippen LogP contribution is -2.22. The van der Waals surface area contributed by atoms with Gasteiger partial charge in [0.1, 0.15) is 0 Å². The maximum absolute atomic E-state index is 3.69. The van der Waals surface area contributed by atoms with Gasteiger partial charge in [-0.05, 0) is 56.3 Å². The molecule has 1 unspecified atom stereocenters. The van der Waals surface area contributed by atoms with Crippen LogP contribution in [0.4, 0.5) is 0 Å². The monoisotopic (exact) mass is 281 g/mol. The second-order valence-electron chi connectivity index (χ2n) is 5.88. The van der Waals surface area contributed by atoms with E-state index in [4.69, 9.17) is 0 Å². The Kier molecular flexibility index (Phi) is 6.01. The number of hydrogen-bond donors (Lipinski definition) is 1. The van der Waals surface area contributed by atoms with E-state index in [1.807, 2.05) is 0 Å². The van der Waals surface area contributed by atoms with Crippen LogP contribution in [0.2, 0.25) is 0 Å². The zero-order valence-electron chi connectivity index (χ0n) is 13.5. The molecule has 0 radical (unpaired) electrons. The van der Waals surface area contributed by atoms with Gasteiger partial charge in [0.15, 0.2) is 0 Å². The zero-order chi connectivity index (χ0) is 15.1. The van der Waals surface area contributed by atoms with E-state index in [9.17, 15) is 0 Å². The highest BCUT2D eigenvalue weighted by Gasteiger charge is 2.11. The van der Waals surface area contributed by atoms with Crippen molar-refractivity contribution >= 4 is 0 Å². The Balaban J connectivity index is 2.06. The van der Waals surface area contributed by atoms with Crippen molar-refractivity contribution in [2.24, 2.45) is 0 Å². The largest absolute Gasteiger partial charge is 0.310 e. The molecule has 2 aromatic carbocycles. The van der Waals surface area contributed by atoms with Gasteiger partial charge in [-0.3, -0.25) is 0 Å². The molecular weight excluding hydrogens is 254 g/mol. The summed E-state index contributed by atoms with van der Waals surface area (Å²) in [4.78, 5) is 0. The third-order valence-electron chi connectivity index (χ3n) is 4.08. The molecule has 0 aliphatic heterocycles. The summed E-state index contributed by atoms with van der Waals surface area (Å²) in [5.41, 5.74) is 5.60. The maximum Gasteiger partial charge on any atom is 0.0323 e. The minimum atomic E-state index is 0.449. The van der Waals surface area contributed by atoms with Crippen molar-refractivity contribution in [3.05, 3.63) is 70.8 Å². The highest BCUT2D eigenvalue weighted by molar-refractivity contribution is 5.27. The van der Waals surface area contributed by atoms with Crippen molar-refractivity contribution < 1.29 is 0 Å². The van der Waals surface area contributed by atoms with Crippen molar-refractivity contribution in [2.75, 3.05) is 6.54 Å². The van der Waals surface area contributed by atoms with Crippen LogP contribution in [0.15, 0.2) is 48.5 Å². The molecule has 1 nitrogen and oxygen atoms in total. The van der Waals surface area contributed by atoms with Gasteiger partial charge in [0, 0.05) is 6.04 Å². The van der Waals surface area contributed by atoms with E-state index < -0.39 is 0 Å². The molecule has 21 heavy (non-hydrogen) atoms. The Morgan fingerprint density at radius 3 is 2.33 bits per heavy atom. The Bertz CT molecular complexity index is 542. The fourth-order valence-corrected chi connectivity index (χ4v) is 2.69. The van der Waals surface area contributed by atoms with Gasteiger partial charge in [0.05, 0.1) is 0 Å². The molecule has 0 bridgehead atoms. The summed E-state index contributed by atoms with van der Waals surface area (Å²) in [5.74, 6) is 0. The van der Waals surface area contributed by atoms with E-state index in [1.165, 1.54) is 28.7 Å². The average molecular weight is 281 g/mol. The number of aryl methyl sites for hydroxylation is 3. The van der Waals surface area contributed by atoms with E-state index in [1.54, 1.807) is 0 Å². The summed E-state index contributed by atoms with van der Waals surface area (Å²) >= 11 is 0. The Morgan fingerprint density at radius 2 is 1.67 bits per heavy atom. The first-order chi connectivity index (χ1) is 10.2. The van der Waals surface area contributed by atoms with Crippen LogP contribution >= 0.6 is 0 Å². The van der Waals surface area contributed by atoms with E-state index in [-0.39, 0.29) is 0 Å². The minimum absolute atomic E-state index is 0.449.